The lowest BCUT2D eigenvalue weighted by molar-refractivity contribution is -0.114. The summed E-state index contributed by atoms with van der Waals surface area (Å²) in [6.07, 6.45) is 0. The van der Waals surface area contributed by atoms with E-state index in [0.717, 1.165) is 28.2 Å². The summed E-state index contributed by atoms with van der Waals surface area (Å²) in [4.78, 5) is 16.9. The normalized spacial score (nSPS) is 12.6. The number of hydrogen-bond donors (Lipinski definition) is 3. The molecular formula is C29H32ClN5O2. The number of benzene rings is 3. The minimum Gasteiger partial charge on any atom is -0.497 e. The van der Waals surface area contributed by atoms with Crippen molar-refractivity contribution in [3.63, 3.8) is 0 Å². The van der Waals surface area contributed by atoms with Crippen molar-refractivity contribution in [3.8, 4) is 5.75 Å². The zero-order valence-electron chi connectivity index (χ0n) is 21.7. The number of aliphatic imine (C=N–C) groups is 1. The molecule has 0 atom stereocenters. The fraction of sp³-hybridized carbons (Fsp3) is 0.241. The molecule has 1 heterocycles. The number of anilines is 2. The second-order valence-corrected chi connectivity index (χ2v) is 9.32. The molecule has 192 valence electrons. The molecule has 0 fully saturated rings. The Kier molecular flexibility index (Phi) is 9.20. The lowest BCUT2D eigenvalue weighted by atomic mass is 9.99. The summed E-state index contributed by atoms with van der Waals surface area (Å²) in [5.74, 6) is 1.74. The first kappa shape index (κ1) is 27.6. The number of nitrogens with zero attached hydrogens (tertiary/aromatic N) is 2. The number of nitrogens with one attached hydrogen (secondary N) is 3. The average Bonchev–Trinajstić information content (AvgIpc) is 3.00. The quantitative estimate of drug-likeness (QED) is 0.263. The van der Waals surface area contributed by atoms with E-state index in [0.29, 0.717) is 16.7 Å². The lowest BCUT2D eigenvalue weighted by Gasteiger charge is -2.24. The number of ether oxygens (including phenoxy) is 1. The van der Waals surface area contributed by atoms with E-state index in [1.807, 2.05) is 66.7 Å². The Morgan fingerprint density at radius 2 is 1.70 bits per heavy atom. The van der Waals surface area contributed by atoms with Gasteiger partial charge in [-0.15, -0.1) is 0 Å². The van der Waals surface area contributed by atoms with Gasteiger partial charge in [0.1, 0.15) is 17.4 Å². The molecule has 0 unspecified atom stereocenters. The minimum absolute atomic E-state index is 0.0303. The molecule has 0 radical (unpaired) electrons. The molecule has 0 spiro atoms. The number of halogens is 1. The Bertz CT molecular complexity index is 1320. The van der Waals surface area contributed by atoms with Crippen molar-refractivity contribution in [2.75, 3.05) is 23.9 Å². The number of amidine groups is 2. The molecule has 1 amide bonds. The van der Waals surface area contributed by atoms with Crippen LogP contribution in [-0.4, -0.2) is 36.9 Å². The highest BCUT2D eigenvalue weighted by atomic mass is 35.5. The Hall–Kier alpha value is -3.97. The first-order valence-electron chi connectivity index (χ1n) is 11.9. The van der Waals surface area contributed by atoms with Crippen LogP contribution in [0.2, 0.25) is 5.02 Å². The van der Waals surface area contributed by atoms with E-state index in [4.69, 9.17) is 27.2 Å². The summed E-state index contributed by atoms with van der Waals surface area (Å²) < 4.78 is 5.34. The fourth-order valence-electron chi connectivity index (χ4n) is 3.87. The van der Waals surface area contributed by atoms with E-state index >= 15 is 0 Å². The Morgan fingerprint density at radius 3 is 2.24 bits per heavy atom. The van der Waals surface area contributed by atoms with Crippen molar-refractivity contribution in [1.82, 2.24) is 0 Å². The number of fused-ring (bicyclic) bond motifs is 1. The molecule has 0 saturated carbocycles. The van der Waals surface area contributed by atoms with Crippen LogP contribution in [-0.2, 0) is 4.79 Å². The van der Waals surface area contributed by atoms with Gasteiger partial charge in [-0.25, -0.2) is 0 Å². The van der Waals surface area contributed by atoms with Gasteiger partial charge in [0.25, 0.3) is 0 Å². The maximum atomic E-state index is 10.7. The first-order valence-corrected chi connectivity index (χ1v) is 12.3. The van der Waals surface area contributed by atoms with Crippen molar-refractivity contribution >= 4 is 46.3 Å². The second kappa shape index (κ2) is 12.3. The first-order chi connectivity index (χ1) is 17.6. The van der Waals surface area contributed by atoms with Crippen LogP contribution in [0.4, 0.5) is 11.4 Å². The SMILES string of the molecule is CC(=O)Nc1ccc(C(C)C)cc1.COc1ccc2c(c1)C(c1ccc(Cl)cc1)=NCC(=N)N2C(C)=N. The predicted octanol–water partition coefficient (Wildman–Crippen LogP) is 6.75. The van der Waals surface area contributed by atoms with E-state index in [1.54, 1.807) is 18.9 Å². The molecule has 7 nitrogen and oxygen atoms in total. The number of carbonyl (C=O) groups is 1. The molecule has 0 aliphatic carbocycles. The van der Waals surface area contributed by atoms with Crippen LogP contribution in [0.15, 0.2) is 71.7 Å². The van der Waals surface area contributed by atoms with Crippen LogP contribution in [0.3, 0.4) is 0 Å². The monoisotopic (exact) mass is 517 g/mol. The molecule has 0 bridgehead atoms. The highest BCUT2D eigenvalue weighted by molar-refractivity contribution is 6.31. The van der Waals surface area contributed by atoms with Gasteiger partial charge in [-0.05, 0) is 60.9 Å². The van der Waals surface area contributed by atoms with Gasteiger partial charge in [0, 0.05) is 28.8 Å². The predicted molar refractivity (Wildman–Crippen MR) is 153 cm³/mol. The van der Waals surface area contributed by atoms with Gasteiger partial charge in [0.2, 0.25) is 5.91 Å². The molecule has 0 saturated heterocycles. The van der Waals surface area contributed by atoms with Gasteiger partial charge in [-0.3, -0.25) is 25.5 Å². The molecule has 37 heavy (non-hydrogen) atoms. The summed E-state index contributed by atoms with van der Waals surface area (Å²) in [6, 6.07) is 20.9. The van der Waals surface area contributed by atoms with Crippen molar-refractivity contribution in [2.24, 2.45) is 4.99 Å². The van der Waals surface area contributed by atoms with E-state index in [9.17, 15) is 4.79 Å². The largest absolute Gasteiger partial charge is 0.497 e. The summed E-state index contributed by atoms with van der Waals surface area (Å²) >= 11 is 5.99. The fourth-order valence-corrected chi connectivity index (χ4v) is 4.00. The van der Waals surface area contributed by atoms with Gasteiger partial charge >= 0.3 is 0 Å². The van der Waals surface area contributed by atoms with Crippen LogP contribution >= 0.6 is 11.6 Å². The summed E-state index contributed by atoms with van der Waals surface area (Å²) in [7, 11) is 1.61. The number of benzodiazepines with no additional fused rings is 1. The van der Waals surface area contributed by atoms with E-state index in [2.05, 4.69) is 24.2 Å². The van der Waals surface area contributed by atoms with Gasteiger partial charge < -0.3 is 10.1 Å². The van der Waals surface area contributed by atoms with Gasteiger partial charge in [-0.2, -0.15) is 0 Å². The third-order valence-corrected chi connectivity index (χ3v) is 5.96. The van der Waals surface area contributed by atoms with Crippen LogP contribution in [0.25, 0.3) is 0 Å². The zero-order valence-corrected chi connectivity index (χ0v) is 22.5. The topological polar surface area (TPSA) is 102 Å². The Labute approximate surface area is 223 Å². The molecule has 8 heteroatoms. The van der Waals surface area contributed by atoms with Crippen molar-refractivity contribution in [1.29, 1.82) is 10.8 Å². The van der Waals surface area contributed by atoms with E-state index in [1.165, 1.54) is 12.5 Å². The third-order valence-electron chi connectivity index (χ3n) is 5.71. The maximum absolute atomic E-state index is 10.7. The highest BCUT2D eigenvalue weighted by Crippen LogP contribution is 2.31. The standard InChI is InChI=1S/C18H17ClN4O.C11H15NO/c1-11(20)23-16-8-7-14(24-2)9-15(16)18(22-10-17(23)21)12-3-5-13(19)6-4-12;1-8(2)10-4-6-11(7-5-10)12-9(3)13/h3-9,20-21H,10H2,1-2H3;4-8H,1-3H3,(H,12,13). The number of hydrogen-bond acceptors (Lipinski definition) is 5. The summed E-state index contributed by atoms with van der Waals surface area (Å²) in [6.45, 7) is 7.66. The molecule has 4 rings (SSSR count). The summed E-state index contributed by atoms with van der Waals surface area (Å²) in [5, 5.41) is 19.7. The van der Waals surface area contributed by atoms with Gasteiger partial charge in [-0.1, -0.05) is 49.7 Å². The molecular weight excluding hydrogens is 486 g/mol. The second-order valence-electron chi connectivity index (χ2n) is 8.88. The van der Waals surface area contributed by atoms with E-state index in [-0.39, 0.29) is 24.1 Å². The smallest absolute Gasteiger partial charge is 0.221 e. The van der Waals surface area contributed by atoms with Gasteiger partial charge in [0.15, 0.2) is 0 Å². The highest BCUT2D eigenvalue weighted by Gasteiger charge is 2.25. The van der Waals surface area contributed by atoms with Gasteiger partial charge in [0.05, 0.1) is 25.1 Å². The Morgan fingerprint density at radius 1 is 1.05 bits per heavy atom. The molecule has 3 aromatic rings. The van der Waals surface area contributed by atoms with Crippen LogP contribution in [0, 0.1) is 10.8 Å². The lowest BCUT2D eigenvalue weighted by Crippen LogP contribution is -2.35. The Balaban J connectivity index is 0.000000248. The number of amides is 1. The van der Waals surface area contributed by atoms with Crippen LogP contribution in [0.5, 0.6) is 5.75 Å². The molecule has 1 aliphatic rings. The molecule has 3 aromatic carbocycles. The van der Waals surface area contributed by atoms with Crippen LogP contribution < -0.4 is 15.0 Å². The maximum Gasteiger partial charge on any atom is 0.221 e. The number of rotatable bonds is 4. The summed E-state index contributed by atoms with van der Waals surface area (Å²) in [5.41, 5.74) is 5.39. The third kappa shape index (κ3) is 7.05. The number of methoxy groups -OCH3 is 1. The zero-order chi connectivity index (χ0) is 27.1. The van der Waals surface area contributed by atoms with E-state index < -0.39 is 0 Å². The number of carbonyl (C=O) groups excluding carboxylic acids is 1. The molecule has 1 aliphatic heterocycles. The minimum atomic E-state index is -0.0303. The van der Waals surface area contributed by atoms with Crippen molar-refractivity contribution in [3.05, 3.63) is 88.4 Å². The average molecular weight is 518 g/mol. The van der Waals surface area contributed by atoms with Crippen LogP contribution in [0.1, 0.15) is 50.3 Å². The van der Waals surface area contributed by atoms with Crippen molar-refractivity contribution < 1.29 is 9.53 Å². The molecule has 3 N–H and O–H groups in total. The van der Waals surface area contributed by atoms with Crippen molar-refractivity contribution in [2.45, 2.75) is 33.6 Å². The molecule has 0 aromatic heterocycles.